The highest BCUT2D eigenvalue weighted by atomic mass is 16.7. The molecule has 2 fully saturated rings. The fourth-order valence-corrected chi connectivity index (χ4v) is 11.7. The maximum atomic E-state index is 14.0. The molecule has 2 saturated heterocycles. The Labute approximate surface area is 559 Å². The molecule has 0 radical (unpaired) electrons. The number of carboxylic acid groups (broad SMARTS) is 1. The number of aryl methyl sites for hydroxylation is 2. The lowest BCUT2D eigenvalue weighted by molar-refractivity contribution is -0.346. The predicted octanol–water partition coefficient (Wildman–Crippen LogP) is 6.01. The fraction of sp³-hybridized carbons (Fsp3) is 0.444. The number of nitrogens with one attached hydrogen (secondary N) is 3. The summed E-state index contributed by atoms with van der Waals surface area (Å²) in [6.45, 7) is 8.06. The van der Waals surface area contributed by atoms with Crippen molar-refractivity contribution in [1.29, 1.82) is 0 Å². The first kappa shape index (κ1) is 75.3. The van der Waals surface area contributed by atoms with Crippen LogP contribution < -0.4 is 40.6 Å². The molecule has 6 aromatic rings. The van der Waals surface area contributed by atoms with Gasteiger partial charge in [0.25, 0.3) is 11.8 Å². The van der Waals surface area contributed by atoms with Gasteiger partial charge >= 0.3 is 5.97 Å². The summed E-state index contributed by atoms with van der Waals surface area (Å²) >= 11 is 0. The van der Waals surface area contributed by atoms with Crippen molar-refractivity contribution in [1.82, 2.24) is 16.0 Å². The number of unbranched alkanes of at least 4 members (excludes halogenated alkanes) is 3. The van der Waals surface area contributed by atoms with Crippen LogP contribution in [0.3, 0.4) is 0 Å². The number of carbonyl (C=O) groups is 4. The molecule has 96 heavy (non-hydrogen) atoms. The van der Waals surface area contributed by atoms with E-state index in [1.165, 1.54) is 21.3 Å². The van der Waals surface area contributed by atoms with Gasteiger partial charge in [-0.2, -0.15) is 0 Å². The quantitative estimate of drug-likeness (QED) is 0.0222. The van der Waals surface area contributed by atoms with Crippen LogP contribution in [0.15, 0.2) is 146 Å². The molecule has 2 aliphatic rings. The number of hydrogen-bond donors (Lipinski definition) is 11. The summed E-state index contributed by atoms with van der Waals surface area (Å²) in [6, 6.07) is 42.5. The van der Waals surface area contributed by atoms with Gasteiger partial charge in [-0.15, -0.1) is 0 Å². The molecule has 0 spiro atoms. The average Bonchev–Trinajstić information content (AvgIpc) is 0.777. The van der Waals surface area contributed by atoms with Crippen molar-refractivity contribution in [2.75, 3.05) is 54.6 Å². The second kappa shape index (κ2) is 35.8. The summed E-state index contributed by atoms with van der Waals surface area (Å²) in [4.78, 5) is 53.0. The molecule has 2 heterocycles. The summed E-state index contributed by atoms with van der Waals surface area (Å²) in [7, 11) is 5.49. The Morgan fingerprint density at radius 2 is 0.833 bits per heavy atom. The van der Waals surface area contributed by atoms with E-state index in [-0.39, 0.29) is 32.5 Å². The van der Waals surface area contributed by atoms with E-state index in [1.54, 1.807) is 118 Å². The largest absolute Gasteiger partial charge is 0.497 e. The van der Waals surface area contributed by atoms with E-state index in [1.807, 2.05) is 62.4 Å². The van der Waals surface area contributed by atoms with Crippen molar-refractivity contribution in [2.45, 2.75) is 139 Å². The second-order valence-electron chi connectivity index (χ2n) is 23.6. The van der Waals surface area contributed by atoms with Crippen molar-refractivity contribution < 1.29 is 97.6 Å². The van der Waals surface area contributed by atoms with Crippen LogP contribution in [0.4, 0.5) is 0 Å². The van der Waals surface area contributed by atoms with Crippen molar-refractivity contribution in [2.24, 2.45) is 17.6 Å². The van der Waals surface area contributed by atoms with Crippen LogP contribution in [0.5, 0.6) is 34.5 Å². The standard InChI is InChI=1S/C47H66N4O15.C25H26O5/c1-6-33(47(59,28-13-19-30(60-3)20-14-28)29-15-21-32(22-16-29)63-31-17-11-27(2)12-18-31)42(56)50-25-26-51-43(57)40-38(61-4)34(52)37(55)46(66-40)64-39-35(53)36(54)45(62-5)65-41(39)44(58)49-24-10-8-7-9-23-48;1-4-23(24(26)27)25(28,18-7-13-20(29-3)14-8-18)19-9-15-22(16-10-19)30-21-11-5-17(2)6-12-21/h11-22,33-41,45-46,52-55,59H,6-10,23-26,48H2,1-5H3,(H,49,58)(H,50,56)(H,51,57);5-16,23,28H,4H2,1-3H3,(H,26,27)/t33?,34-,35-,36?,37?,38+,39+,40?,41?,45-,46-,47?;/m1./s1. The number of aliphatic hydroxyl groups is 6. The minimum atomic E-state index is -1.86. The first-order chi connectivity index (χ1) is 46.1. The molecule has 24 nitrogen and oxygen atoms in total. The van der Waals surface area contributed by atoms with Gasteiger partial charge < -0.3 is 100 Å². The van der Waals surface area contributed by atoms with Gasteiger partial charge in [-0.1, -0.05) is 111 Å². The van der Waals surface area contributed by atoms with Gasteiger partial charge in [0.05, 0.1) is 26.1 Å². The third kappa shape index (κ3) is 18.5. The van der Waals surface area contributed by atoms with Gasteiger partial charge in [0.2, 0.25) is 5.91 Å². The highest BCUT2D eigenvalue weighted by Crippen LogP contribution is 2.43. The van der Waals surface area contributed by atoms with Gasteiger partial charge in [-0.3, -0.25) is 19.2 Å². The Morgan fingerprint density at radius 3 is 1.24 bits per heavy atom. The number of carboxylic acids is 1. The molecular formula is C72H92N4O20. The number of ether oxygens (including phenoxy) is 9. The summed E-state index contributed by atoms with van der Waals surface area (Å²) in [5, 5.41) is 86.2. The van der Waals surface area contributed by atoms with Crippen molar-refractivity contribution in [3.8, 4) is 34.5 Å². The topological polar surface area (TPSA) is 355 Å². The lowest BCUT2D eigenvalue weighted by atomic mass is 9.74. The summed E-state index contributed by atoms with van der Waals surface area (Å²) in [6.07, 6.45) is -13.1. The number of aliphatic hydroxyl groups excluding tert-OH is 4. The van der Waals surface area contributed by atoms with Crippen molar-refractivity contribution >= 4 is 23.7 Å². The van der Waals surface area contributed by atoms with Crippen LogP contribution in [0, 0.1) is 25.7 Å². The zero-order valence-corrected chi connectivity index (χ0v) is 55.4. The smallest absolute Gasteiger partial charge is 0.310 e. The first-order valence-electron chi connectivity index (χ1n) is 32.0. The first-order valence-corrected chi connectivity index (χ1v) is 32.0. The van der Waals surface area contributed by atoms with E-state index in [2.05, 4.69) is 16.0 Å². The minimum absolute atomic E-state index is 0.105. The monoisotopic (exact) mass is 1330 g/mol. The third-order valence-electron chi connectivity index (χ3n) is 17.2. The van der Waals surface area contributed by atoms with Crippen molar-refractivity contribution in [3.05, 3.63) is 179 Å². The number of hydrogen-bond acceptors (Lipinski definition) is 20. The summed E-state index contributed by atoms with van der Waals surface area (Å²) < 4.78 is 50.3. The number of aliphatic carboxylic acids is 1. The molecule has 24 heteroatoms. The average molecular weight is 1330 g/mol. The summed E-state index contributed by atoms with van der Waals surface area (Å²) in [5.74, 6) is -1.50. The normalized spacial score (nSPS) is 22.7. The Hall–Kier alpha value is -8.08. The predicted molar refractivity (Wildman–Crippen MR) is 353 cm³/mol. The number of methoxy groups -OCH3 is 4. The number of carbonyl (C=O) groups excluding carboxylic acids is 3. The van der Waals surface area contributed by atoms with Crippen LogP contribution in [0.2, 0.25) is 0 Å². The van der Waals surface area contributed by atoms with E-state index >= 15 is 0 Å². The van der Waals surface area contributed by atoms with Gasteiger partial charge in [0.1, 0.15) is 82.3 Å². The highest BCUT2D eigenvalue weighted by Gasteiger charge is 2.54. The molecule has 8 rings (SSSR count). The van der Waals surface area contributed by atoms with Gasteiger partial charge in [-0.25, -0.2) is 0 Å². The van der Waals surface area contributed by atoms with Crippen molar-refractivity contribution in [3.63, 3.8) is 0 Å². The Kier molecular flexibility index (Phi) is 28.1. The Morgan fingerprint density at radius 1 is 0.469 bits per heavy atom. The maximum Gasteiger partial charge on any atom is 0.310 e. The maximum absolute atomic E-state index is 14.0. The fourth-order valence-electron chi connectivity index (χ4n) is 11.7. The zero-order chi connectivity index (χ0) is 69.7. The molecule has 12 N–H and O–H groups in total. The molecule has 0 aliphatic carbocycles. The number of nitrogens with two attached hydrogens (primary N) is 1. The molecule has 8 unspecified atom stereocenters. The summed E-state index contributed by atoms with van der Waals surface area (Å²) in [5.41, 5.74) is 6.09. The SMILES string of the molecule is CCC(C(=O)NCCNC(=O)C1O[C@@H](O[C@@H]2C(C(=O)NCCCCCCN)O[C@@H](OC)C(O)[C@H]2O)C(O)[C@@H](O)[C@@H]1OC)C(O)(c1ccc(OC)cc1)c1ccc(Oc2ccc(C)cc2)cc1.CCC(C(=O)O)C(O)(c1ccc(OC)cc1)c1ccc(Oc2ccc(C)cc2)cc1. The number of rotatable bonds is 31. The molecule has 14 atom stereocenters. The highest BCUT2D eigenvalue weighted by molar-refractivity contribution is 5.83. The van der Waals surface area contributed by atoms with E-state index in [4.69, 9.17) is 48.4 Å². The number of amides is 3. The zero-order valence-electron chi connectivity index (χ0n) is 55.4. The minimum Gasteiger partial charge on any atom is -0.497 e. The van der Waals surface area contributed by atoms with E-state index in [0.29, 0.717) is 69.7 Å². The Balaban J connectivity index is 0.000000359. The van der Waals surface area contributed by atoms with E-state index < -0.39 is 108 Å². The van der Waals surface area contributed by atoms with E-state index in [0.717, 1.165) is 30.4 Å². The molecule has 0 aromatic heterocycles. The third-order valence-corrected chi connectivity index (χ3v) is 17.2. The molecule has 520 valence electrons. The number of benzene rings is 6. The van der Waals surface area contributed by atoms with Crippen LogP contribution in [0.25, 0.3) is 0 Å². The van der Waals surface area contributed by atoms with Crippen LogP contribution in [-0.2, 0) is 54.1 Å². The van der Waals surface area contributed by atoms with Crippen LogP contribution in [0.1, 0.15) is 85.8 Å². The van der Waals surface area contributed by atoms with Crippen LogP contribution in [-0.4, -0.2) is 175 Å². The van der Waals surface area contributed by atoms with Crippen LogP contribution >= 0.6 is 0 Å². The lowest BCUT2D eigenvalue weighted by Crippen LogP contribution is -2.67. The van der Waals surface area contributed by atoms with E-state index in [9.17, 15) is 54.9 Å². The van der Waals surface area contributed by atoms with Gasteiger partial charge in [0, 0.05) is 33.9 Å². The molecular weight excluding hydrogens is 1240 g/mol. The Bertz CT molecular complexity index is 3380. The molecule has 3 amide bonds. The second-order valence-corrected chi connectivity index (χ2v) is 23.6. The molecule has 0 bridgehead atoms. The lowest BCUT2D eigenvalue weighted by Gasteiger charge is -2.46. The molecule has 6 aromatic carbocycles. The molecule has 2 aliphatic heterocycles. The van der Waals surface area contributed by atoms with Gasteiger partial charge in [-0.05, 0) is 141 Å². The van der Waals surface area contributed by atoms with Gasteiger partial charge in [0.15, 0.2) is 24.8 Å². The molecule has 0 saturated carbocycles.